The maximum absolute atomic E-state index is 9.94. The van der Waals surface area contributed by atoms with Gasteiger partial charge < -0.3 is 14.7 Å². The number of aromatic nitrogens is 1. The van der Waals surface area contributed by atoms with Crippen molar-refractivity contribution in [1.29, 1.82) is 0 Å². The van der Waals surface area contributed by atoms with E-state index in [2.05, 4.69) is 14.8 Å². The SMILES string of the molecule is CC(C)OCC(O)CN1CCN(c2ccccn2)CC1. The van der Waals surface area contributed by atoms with E-state index in [0.717, 1.165) is 32.0 Å². The van der Waals surface area contributed by atoms with Crippen molar-refractivity contribution in [2.24, 2.45) is 0 Å². The van der Waals surface area contributed by atoms with Gasteiger partial charge in [0.15, 0.2) is 0 Å². The highest BCUT2D eigenvalue weighted by Crippen LogP contribution is 2.12. The minimum atomic E-state index is -0.404. The smallest absolute Gasteiger partial charge is 0.128 e. The van der Waals surface area contributed by atoms with Crippen LogP contribution in [0.1, 0.15) is 13.8 Å². The predicted octanol–water partition coefficient (Wildman–Crippen LogP) is 0.989. The molecule has 0 aromatic carbocycles. The first kappa shape index (κ1) is 15.2. The third-order valence-electron chi connectivity index (χ3n) is 3.44. The molecule has 1 saturated heterocycles. The van der Waals surface area contributed by atoms with E-state index in [0.29, 0.717) is 13.2 Å². The Balaban J connectivity index is 1.71. The standard InChI is InChI=1S/C15H25N3O2/c1-13(2)20-12-14(19)11-17-7-9-18(10-8-17)15-5-3-4-6-16-15/h3-6,13-14,19H,7-12H2,1-2H3. The van der Waals surface area contributed by atoms with Gasteiger partial charge in [-0.3, -0.25) is 4.90 Å². The molecule has 1 aromatic rings. The number of β-amino-alcohol motifs (C(OH)–C–C–N with tert-alkyl or cyclic N) is 1. The quantitative estimate of drug-likeness (QED) is 0.841. The Kier molecular flexibility index (Phi) is 5.76. The van der Waals surface area contributed by atoms with E-state index in [1.54, 1.807) is 0 Å². The molecule has 1 N–H and O–H groups in total. The fourth-order valence-electron chi connectivity index (χ4n) is 2.35. The number of rotatable bonds is 6. The average Bonchev–Trinajstić information content (AvgIpc) is 2.47. The van der Waals surface area contributed by atoms with E-state index < -0.39 is 6.10 Å². The fourth-order valence-corrected chi connectivity index (χ4v) is 2.35. The van der Waals surface area contributed by atoms with Crippen LogP contribution in [0.4, 0.5) is 5.82 Å². The van der Waals surface area contributed by atoms with Crippen LogP contribution in [0, 0.1) is 0 Å². The minimum Gasteiger partial charge on any atom is -0.389 e. The highest BCUT2D eigenvalue weighted by molar-refractivity contribution is 5.38. The molecule has 1 aliphatic heterocycles. The van der Waals surface area contributed by atoms with Gasteiger partial charge in [0.05, 0.1) is 18.8 Å². The number of nitrogens with zero attached hydrogens (tertiary/aromatic N) is 3. The highest BCUT2D eigenvalue weighted by Gasteiger charge is 2.20. The molecule has 0 saturated carbocycles. The van der Waals surface area contributed by atoms with Crippen LogP contribution in [0.15, 0.2) is 24.4 Å². The van der Waals surface area contributed by atoms with Crippen molar-refractivity contribution < 1.29 is 9.84 Å². The van der Waals surface area contributed by atoms with Gasteiger partial charge in [0.1, 0.15) is 5.82 Å². The molecule has 112 valence electrons. The van der Waals surface area contributed by atoms with Crippen LogP contribution in [0.25, 0.3) is 0 Å². The van der Waals surface area contributed by atoms with Gasteiger partial charge in [-0.15, -0.1) is 0 Å². The third kappa shape index (κ3) is 4.74. The van der Waals surface area contributed by atoms with E-state index in [1.807, 2.05) is 38.2 Å². The number of pyridine rings is 1. The van der Waals surface area contributed by atoms with Crippen molar-refractivity contribution in [3.63, 3.8) is 0 Å². The van der Waals surface area contributed by atoms with Crippen LogP contribution >= 0.6 is 0 Å². The molecule has 1 aliphatic rings. The summed E-state index contributed by atoms with van der Waals surface area (Å²) in [5.74, 6) is 1.04. The summed E-state index contributed by atoms with van der Waals surface area (Å²) in [6.07, 6.45) is 1.60. The Morgan fingerprint density at radius 1 is 1.25 bits per heavy atom. The summed E-state index contributed by atoms with van der Waals surface area (Å²) >= 11 is 0. The van der Waals surface area contributed by atoms with Gasteiger partial charge in [-0.1, -0.05) is 6.07 Å². The molecule has 1 atom stereocenters. The summed E-state index contributed by atoms with van der Waals surface area (Å²) in [5.41, 5.74) is 0. The summed E-state index contributed by atoms with van der Waals surface area (Å²) in [6.45, 7) is 8.88. The molecule has 20 heavy (non-hydrogen) atoms. The molecule has 2 heterocycles. The molecule has 0 radical (unpaired) electrons. The van der Waals surface area contributed by atoms with Gasteiger partial charge in [0.2, 0.25) is 0 Å². The van der Waals surface area contributed by atoms with Crippen LogP contribution < -0.4 is 4.90 Å². The largest absolute Gasteiger partial charge is 0.389 e. The van der Waals surface area contributed by atoms with E-state index in [4.69, 9.17) is 4.74 Å². The molecule has 0 amide bonds. The highest BCUT2D eigenvalue weighted by atomic mass is 16.5. The lowest BCUT2D eigenvalue weighted by Crippen LogP contribution is -2.49. The number of piperazine rings is 1. The molecule has 5 nitrogen and oxygen atoms in total. The van der Waals surface area contributed by atoms with Crippen molar-refractivity contribution in [1.82, 2.24) is 9.88 Å². The van der Waals surface area contributed by atoms with Gasteiger partial charge in [0, 0.05) is 38.9 Å². The molecule has 0 aliphatic carbocycles. The molecular formula is C15H25N3O2. The van der Waals surface area contributed by atoms with Crippen molar-refractivity contribution >= 4 is 5.82 Å². The van der Waals surface area contributed by atoms with Crippen molar-refractivity contribution in [3.8, 4) is 0 Å². The summed E-state index contributed by atoms with van der Waals surface area (Å²) in [5, 5.41) is 9.94. The average molecular weight is 279 g/mol. The molecule has 1 unspecified atom stereocenters. The Morgan fingerprint density at radius 3 is 2.60 bits per heavy atom. The first-order valence-electron chi connectivity index (χ1n) is 7.33. The Morgan fingerprint density at radius 2 is 2.00 bits per heavy atom. The van der Waals surface area contributed by atoms with Gasteiger partial charge in [-0.2, -0.15) is 0 Å². The summed E-state index contributed by atoms with van der Waals surface area (Å²) < 4.78 is 5.44. The van der Waals surface area contributed by atoms with Crippen LogP contribution in [0.2, 0.25) is 0 Å². The number of aliphatic hydroxyl groups excluding tert-OH is 1. The number of ether oxygens (including phenoxy) is 1. The molecule has 2 rings (SSSR count). The topological polar surface area (TPSA) is 48.8 Å². The zero-order valence-electron chi connectivity index (χ0n) is 12.4. The monoisotopic (exact) mass is 279 g/mol. The normalized spacial score (nSPS) is 18.5. The molecule has 1 fully saturated rings. The van der Waals surface area contributed by atoms with Crippen LogP contribution in [-0.2, 0) is 4.74 Å². The van der Waals surface area contributed by atoms with E-state index in [9.17, 15) is 5.11 Å². The van der Waals surface area contributed by atoms with E-state index >= 15 is 0 Å². The number of anilines is 1. The van der Waals surface area contributed by atoms with Crippen LogP contribution in [0.5, 0.6) is 0 Å². The fraction of sp³-hybridized carbons (Fsp3) is 0.667. The second-order valence-corrected chi connectivity index (χ2v) is 5.51. The third-order valence-corrected chi connectivity index (χ3v) is 3.44. The summed E-state index contributed by atoms with van der Waals surface area (Å²) in [7, 11) is 0. The predicted molar refractivity (Wildman–Crippen MR) is 80.0 cm³/mol. The molecule has 0 spiro atoms. The number of hydrogen-bond donors (Lipinski definition) is 1. The Bertz CT molecular complexity index is 378. The van der Waals surface area contributed by atoms with Gasteiger partial charge in [-0.25, -0.2) is 4.98 Å². The van der Waals surface area contributed by atoms with Crippen molar-refractivity contribution in [3.05, 3.63) is 24.4 Å². The molecule has 0 bridgehead atoms. The van der Waals surface area contributed by atoms with E-state index in [1.165, 1.54) is 0 Å². The lowest BCUT2D eigenvalue weighted by atomic mass is 10.2. The second-order valence-electron chi connectivity index (χ2n) is 5.51. The Labute approximate surface area is 121 Å². The number of aliphatic hydroxyl groups is 1. The zero-order chi connectivity index (χ0) is 14.4. The zero-order valence-corrected chi connectivity index (χ0v) is 12.4. The maximum Gasteiger partial charge on any atom is 0.128 e. The minimum absolute atomic E-state index is 0.172. The molecule has 1 aromatic heterocycles. The van der Waals surface area contributed by atoms with Crippen molar-refractivity contribution in [2.45, 2.75) is 26.1 Å². The second kappa shape index (κ2) is 7.57. The Hall–Kier alpha value is -1.17. The number of hydrogen-bond acceptors (Lipinski definition) is 5. The van der Waals surface area contributed by atoms with Crippen LogP contribution in [0.3, 0.4) is 0 Å². The summed E-state index contributed by atoms with van der Waals surface area (Å²) in [6, 6.07) is 5.99. The van der Waals surface area contributed by atoms with E-state index in [-0.39, 0.29) is 6.10 Å². The molecular weight excluding hydrogens is 254 g/mol. The maximum atomic E-state index is 9.94. The lowest BCUT2D eigenvalue weighted by molar-refractivity contribution is -0.00900. The first-order valence-corrected chi connectivity index (χ1v) is 7.33. The first-order chi connectivity index (χ1) is 9.65. The van der Waals surface area contributed by atoms with Gasteiger partial charge >= 0.3 is 0 Å². The van der Waals surface area contributed by atoms with Gasteiger partial charge in [0.25, 0.3) is 0 Å². The van der Waals surface area contributed by atoms with Crippen molar-refractivity contribution in [2.75, 3.05) is 44.2 Å². The van der Waals surface area contributed by atoms with Crippen LogP contribution in [-0.4, -0.2) is 66.5 Å². The lowest BCUT2D eigenvalue weighted by Gasteiger charge is -2.36. The molecule has 5 heteroatoms. The summed E-state index contributed by atoms with van der Waals surface area (Å²) in [4.78, 5) is 8.95. The van der Waals surface area contributed by atoms with Gasteiger partial charge in [-0.05, 0) is 26.0 Å².